The number of halogens is 5. The van der Waals surface area contributed by atoms with Gasteiger partial charge in [-0.1, -0.05) is 52.6 Å². The third kappa shape index (κ3) is 4.02. The highest BCUT2D eigenvalue weighted by molar-refractivity contribution is 6.34. The minimum Gasteiger partial charge on any atom is -0.465 e. The number of oxime groups is 1. The Kier molecular flexibility index (Phi) is 5.45. The Hall–Kier alpha value is -2.45. The van der Waals surface area contributed by atoms with Crippen LogP contribution in [-0.4, -0.2) is 23.1 Å². The summed E-state index contributed by atoms with van der Waals surface area (Å²) in [7, 11) is 0. The lowest BCUT2D eigenvalue weighted by molar-refractivity contribution is -0.275. The molecular weight excluding hydrogens is 420 g/mol. The summed E-state index contributed by atoms with van der Waals surface area (Å²) in [6, 6.07) is 9.93. The smallest absolute Gasteiger partial charge is 0.435 e. The minimum absolute atomic E-state index is 0.0541. The van der Waals surface area contributed by atoms with Gasteiger partial charge in [0.05, 0.1) is 5.71 Å². The Morgan fingerprint density at radius 3 is 2.32 bits per heavy atom. The highest BCUT2D eigenvalue weighted by Crippen LogP contribution is 2.49. The van der Waals surface area contributed by atoms with Crippen LogP contribution in [0.5, 0.6) is 0 Å². The molecule has 1 unspecified atom stereocenters. The Labute approximate surface area is 167 Å². The summed E-state index contributed by atoms with van der Waals surface area (Å²) < 4.78 is 41.8. The predicted octanol–water partition coefficient (Wildman–Crippen LogP) is 5.34. The third-order valence-electron chi connectivity index (χ3n) is 4.25. The van der Waals surface area contributed by atoms with Crippen molar-refractivity contribution in [3.63, 3.8) is 0 Å². The lowest BCUT2D eigenvalue weighted by Crippen LogP contribution is -2.42. The largest absolute Gasteiger partial charge is 0.465 e. The number of carboxylic acid groups (broad SMARTS) is 1. The molecule has 1 atom stereocenters. The number of rotatable bonds is 4. The normalized spacial score (nSPS) is 19.1. The van der Waals surface area contributed by atoms with Crippen LogP contribution in [0.25, 0.3) is 0 Å². The predicted molar refractivity (Wildman–Crippen MR) is 97.7 cm³/mol. The van der Waals surface area contributed by atoms with E-state index in [1.54, 1.807) is 24.3 Å². The van der Waals surface area contributed by atoms with E-state index in [1.807, 2.05) is 0 Å². The van der Waals surface area contributed by atoms with Crippen LogP contribution in [0.1, 0.15) is 23.1 Å². The highest BCUT2D eigenvalue weighted by Gasteiger charge is 2.62. The van der Waals surface area contributed by atoms with Crippen LogP contribution < -0.4 is 5.32 Å². The van der Waals surface area contributed by atoms with Crippen LogP contribution in [0.4, 0.5) is 18.0 Å². The number of benzene rings is 2. The Balaban J connectivity index is 1.88. The maximum Gasteiger partial charge on any atom is 0.435 e. The first-order chi connectivity index (χ1) is 13.1. The molecule has 2 N–H and O–H groups in total. The topological polar surface area (TPSA) is 70.9 Å². The first-order valence-electron chi connectivity index (χ1n) is 7.95. The molecule has 0 radical (unpaired) electrons. The van der Waals surface area contributed by atoms with Crippen molar-refractivity contribution in [1.29, 1.82) is 0 Å². The lowest BCUT2D eigenvalue weighted by Gasteiger charge is -2.29. The second-order valence-corrected chi connectivity index (χ2v) is 7.02. The third-order valence-corrected chi connectivity index (χ3v) is 4.68. The number of amides is 1. The van der Waals surface area contributed by atoms with Crippen molar-refractivity contribution in [2.24, 2.45) is 5.16 Å². The molecule has 5 nitrogen and oxygen atoms in total. The fourth-order valence-electron chi connectivity index (χ4n) is 2.84. The van der Waals surface area contributed by atoms with Gasteiger partial charge in [0, 0.05) is 28.6 Å². The average molecular weight is 433 g/mol. The molecule has 0 saturated heterocycles. The monoisotopic (exact) mass is 432 g/mol. The molecule has 0 bridgehead atoms. The fourth-order valence-corrected chi connectivity index (χ4v) is 3.36. The Morgan fingerprint density at radius 1 is 1.18 bits per heavy atom. The second kappa shape index (κ2) is 7.52. The number of carbonyl (C=O) groups is 1. The van der Waals surface area contributed by atoms with E-state index in [4.69, 9.17) is 33.1 Å². The average Bonchev–Trinajstić information content (AvgIpc) is 3.06. The van der Waals surface area contributed by atoms with E-state index < -0.39 is 24.3 Å². The maximum atomic E-state index is 13.9. The van der Waals surface area contributed by atoms with Gasteiger partial charge in [-0.2, -0.15) is 13.2 Å². The van der Waals surface area contributed by atoms with Gasteiger partial charge in [0.15, 0.2) is 0 Å². The molecule has 0 aromatic heterocycles. The zero-order valence-corrected chi connectivity index (χ0v) is 15.6. The molecule has 1 amide bonds. The van der Waals surface area contributed by atoms with Crippen molar-refractivity contribution in [2.75, 3.05) is 0 Å². The Bertz CT molecular complexity index is 912. The SMILES string of the molecule is O=C(O)NCc1ccc(C2=NOC(c3cc(Cl)cc(Cl)c3)(C(F)(F)F)C2)cc1. The van der Waals surface area contributed by atoms with Gasteiger partial charge < -0.3 is 15.3 Å². The number of nitrogens with one attached hydrogen (secondary N) is 1. The molecule has 2 aromatic carbocycles. The van der Waals surface area contributed by atoms with E-state index >= 15 is 0 Å². The zero-order chi connectivity index (χ0) is 20.5. The molecule has 1 aliphatic rings. The highest BCUT2D eigenvalue weighted by atomic mass is 35.5. The molecule has 0 saturated carbocycles. The minimum atomic E-state index is -4.77. The molecule has 0 spiro atoms. The molecule has 148 valence electrons. The molecule has 10 heteroatoms. The van der Waals surface area contributed by atoms with Crippen molar-refractivity contribution in [1.82, 2.24) is 5.32 Å². The van der Waals surface area contributed by atoms with Crippen molar-refractivity contribution in [3.8, 4) is 0 Å². The van der Waals surface area contributed by atoms with Crippen LogP contribution >= 0.6 is 23.2 Å². The van der Waals surface area contributed by atoms with E-state index in [0.717, 1.165) is 12.1 Å². The van der Waals surface area contributed by atoms with Crippen molar-refractivity contribution < 1.29 is 27.9 Å². The van der Waals surface area contributed by atoms with Gasteiger partial charge in [0.2, 0.25) is 0 Å². The number of hydrogen-bond acceptors (Lipinski definition) is 3. The van der Waals surface area contributed by atoms with Crippen LogP contribution in [0, 0.1) is 0 Å². The molecule has 3 rings (SSSR count). The van der Waals surface area contributed by atoms with E-state index in [-0.39, 0.29) is 27.9 Å². The molecule has 2 aromatic rings. The van der Waals surface area contributed by atoms with Crippen molar-refractivity contribution >= 4 is 35.0 Å². The van der Waals surface area contributed by atoms with Gasteiger partial charge in [-0.15, -0.1) is 0 Å². The summed E-state index contributed by atoms with van der Waals surface area (Å²) in [4.78, 5) is 15.5. The molecule has 0 aliphatic carbocycles. The molecule has 0 fully saturated rings. The van der Waals surface area contributed by atoms with Gasteiger partial charge in [-0.05, 0) is 29.3 Å². The Morgan fingerprint density at radius 2 is 1.79 bits per heavy atom. The lowest BCUT2D eigenvalue weighted by atomic mass is 9.86. The molecule has 1 heterocycles. The van der Waals surface area contributed by atoms with Crippen LogP contribution in [0.2, 0.25) is 10.0 Å². The number of hydrogen-bond donors (Lipinski definition) is 2. The van der Waals surface area contributed by atoms with Crippen LogP contribution in [-0.2, 0) is 17.0 Å². The van der Waals surface area contributed by atoms with Crippen molar-refractivity contribution in [3.05, 3.63) is 69.2 Å². The van der Waals surface area contributed by atoms with E-state index in [2.05, 4.69) is 10.5 Å². The summed E-state index contributed by atoms with van der Waals surface area (Å²) in [6.07, 6.45) is -6.50. The first kappa shape index (κ1) is 20.3. The van der Waals surface area contributed by atoms with E-state index in [9.17, 15) is 18.0 Å². The van der Waals surface area contributed by atoms with Gasteiger partial charge in [0.25, 0.3) is 5.60 Å². The molecule has 1 aliphatic heterocycles. The van der Waals surface area contributed by atoms with Gasteiger partial charge in [-0.3, -0.25) is 0 Å². The summed E-state index contributed by atoms with van der Waals surface area (Å²) in [5.41, 5.74) is -1.75. The van der Waals surface area contributed by atoms with E-state index in [1.165, 1.54) is 6.07 Å². The van der Waals surface area contributed by atoms with Crippen molar-refractivity contribution in [2.45, 2.75) is 24.7 Å². The molecular formula is C18H13Cl2F3N2O3. The fraction of sp³-hybridized carbons (Fsp3) is 0.222. The maximum absolute atomic E-state index is 13.9. The van der Waals surface area contributed by atoms with Crippen LogP contribution in [0.15, 0.2) is 47.6 Å². The van der Waals surface area contributed by atoms with Gasteiger partial charge in [-0.25, -0.2) is 4.79 Å². The standard InChI is InChI=1S/C18H13Cl2F3N2O3/c19-13-5-12(6-14(20)7-13)17(18(21,22)23)8-15(25-28-17)11-3-1-10(2-4-11)9-24-16(26)27/h1-7,24H,8-9H2,(H,26,27). The quantitative estimate of drug-likeness (QED) is 0.684. The summed E-state index contributed by atoms with van der Waals surface area (Å²) in [5.74, 6) is 0. The van der Waals surface area contributed by atoms with Gasteiger partial charge >= 0.3 is 12.3 Å². The first-order valence-corrected chi connectivity index (χ1v) is 8.71. The summed E-state index contributed by atoms with van der Waals surface area (Å²) >= 11 is 11.7. The summed E-state index contributed by atoms with van der Waals surface area (Å²) in [6.45, 7) is 0.0755. The zero-order valence-electron chi connectivity index (χ0n) is 14.1. The number of alkyl halides is 3. The van der Waals surface area contributed by atoms with Gasteiger partial charge in [0.1, 0.15) is 0 Å². The van der Waals surface area contributed by atoms with E-state index in [0.29, 0.717) is 11.1 Å². The van der Waals surface area contributed by atoms with Crippen LogP contribution in [0.3, 0.4) is 0 Å². The molecule has 28 heavy (non-hydrogen) atoms. The number of nitrogens with zero attached hydrogens (tertiary/aromatic N) is 1. The summed E-state index contributed by atoms with van der Waals surface area (Å²) in [5, 5.41) is 14.6. The second-order valence-electron chi connectivity index (χ2n) is 6.14.